The second-order valence-corrected chi connectivity index (χ2v) is 5.75. The van der Waals surface area contributed by atoms with Gasteiger partial charge in [0.15, 0.2) is 0 Å². The topological polar surface area (TPSA) is 15.3 Å². The van der Waals surface area contributed by atoms with Crippen molar-refractivity contribution in [3.8, 4) is 0 Å². The van der Waals surface area contributed by atoms with E-state index < -0.39 is 0 Å². The minimum absolute atomic E-state index is 0.696. The van der Waals surface area contributed by atoms with Crippen molar-refractivity contribution in [2.24, 2.45) is 5.92 Å². The van der Waals surface area contributed by atoms with Gasteiger partial charge in [-0.1, -0.05) is 37.3 Å². The number of para-hydroxylation sites is 1. The largest absolute Gasteiger partial charge is 0.341 e. The molecule has 2 heteroatoms. The summed E-state index contributed by atoms with van der Waals surface area (Å²) >= 11 is 0. The Morgan fingerprint density at radius 3 is 2.60 bits per heavy atom. The lowest BCUT2D eigenvalue weighted by atomic mass is 9.93. The third-order valence-corrected chi connectivity index (χ3v) is 3.97. The minimum Gasteiger partial charge on any atom is -0.341 e. The normalized spacial score (nSPS) is 17.9. The molecule has 104 valence electrons. The SMILES string of the molecule is CNCc1ccc(N2CC(C)Cc3ccccc32)cc1. The van der Waals surface area contributed by atoms with Crippen LogP contribution >= 0.6 is 0 Å². The van der Waals surface area contributed by atoms with Crippen LogP contribution in [-0.4, -0.2) is 13.6 Å². The maximum absolute atomic E-state index is 3.19. The molecule has 2 aromatic rings. The highest BCUT2D eigenvalue weighted by Gasteiger charge is 2.22. The van der Waals surface area contributed by atoms with Gasteiger partial charge in [-0.15, -0.1) is 0 Å². The number of hydrogen-bond acceptors (Lipinski definition) is 2. The Labute approximate surface area is 121 Å². The number of nitrogens with one attached hydrogen (secondary N) is 1. The Morgan fingerprint density at radius 2 is 1.85 bits per heavy atom. The van der Waals surface area contributed by atoms with E-state index in [1.807, 2.05) is 7.05 Å². The smallest absolute Gasteiger partial charge is 0.0443 e. The van der Waals surface area contributed by atoms with Crippen molar-refractivity contribution in [1.29, 1.82) is 0 Å². The van der Waals surface area contributed by atoms with Gasteiger partial charge in [0.2, 0.25) is 0 Å². The molecule has 1 unspecified atom stereocenters. The van der Waals surface area contributed by atoms with E-state index >= 15 is 0 Å². The molecule has 0 bridgehead atoms. The Hall–Kier alpha value is -1.80. The van der Waals surface area contributed by atoms with E-state index in [0.717, 1.165) is 13.1 Å². The van der Waals surface area contributed by atoms with Gasteiger partial charge >= 0.3 is 0 Å². The molecule has 1 aliphatic heterocycles. The highest BCUT2D eigenvalue weighted by molar-refractivity contribution is 5.68. The number of hydrogen-bond donors (Lipinski definition) is 1. The van der Waals surface area contributed by atoms with Crippen molar-refractivity contribution in [2.45, 2.75) is 19.9 Å². The van der Waals surface area contributed by atoms with E-state index in [0.29, 0.717) is 5.92 Å². The molecule has 0 radical (unpaired) electrons. The van der Waals surface area contributed by atoms with Crippen LogP contribution < -0.4 is 10.2 Å². The first-order valence-electron chi connectivity index (χ1n) is 7.37. The lowest BCUT2D eigenvalue weighted by molar-refractivity contribution is 0.562. The zero-order valence-corrected chi connectivity index (χ0v) is 12.3. The van der Waals surface area contributed by atoms with E-state index in [-0.39, 0.29) is 0 Å². The predicted octanol–water partition coefficient (Wildman–Crippen LogP) is 3.74. The summed E-state index contributed by atoms with van der Waals surface area (Å²) in [6.45, 7) is 4.36. The van der Waals surface area contributed by atoms with E-state index in [2.05, 4.69) is 65.7 Å². The van der Waals surface area contributed by atoms with Crippen LogP contribution in [0.4, 0.5) is 11.4 Å². The lowest BCUT2D eigenvalue weighted by Crippen LogP contribution is -2.30. The second-order valence-electron chi connectivity index (χ2n) is 5.75. The van der Waals surface area contributed by atoms with Gasteiger partial charge in [0.05, 0.1) is 0 Å². The average Bonchev–Trinajstić information content (AvgIpc) is 2.47. The summed E-state index contributed by atoms with van der Waals surface area (Å²) in [5.74, 6) is 0.696. The van der Waals surface area contributed by atoms with Crippen LogP contribution in [0.2, 0.25) is 0 Å². The van der Waals surface area contributed by atoms with Crippen LogP contribution in [0.5, 0.6) is 0 Å². The van der Waals surface area contributed by atoms with E-state index in [9.17, 15) is 0 Å². The molecule has 0 saturated heterocycles. The molecule has 2 nitrogen and oxygen atoms in total. The fourth-order valence-electron chi connectivity index (χ4n) is 3.04. The Kier molecular flexibility index (Phi) is 3.75. The minimum atomic E-state index is 0.696. The summed E-state index contributed by atoms with van der Waals surface area (Å²) < 4.78 is 0. The average molecular weight is 266 g/mol. The first-order valence-corrected chi connectivity index (χ1v) is 7.37. The van der Waals surface area contributed by atoms with Crippen molar-refractivity contribution in [1.82, 2.24) is 5.32 Å². The molecule has 1 N–H and O–H groups in total. The summed E-state index contributed by atoms with van der Waals surface area (Å²) in [7, 11) is 1.98. The van der Waals surface area contributed by atoms with Crippen molar-refractivity contribution < 1.29 is 0 Å². The third-order valence-electron chi connectivity index (χ3n) is 3.97. The molecule has 0 spiro atoms. The maximum Gasteiger partial charge on any atom is 0.0443 e. The number of rotatable bonds is 3. The van der Waals surface area contributed by atoms with Gasteiger partial charge < -0.3 is 10.2 Å². The Bertz CT molecular complexity index is 574. The highest BCUT2D eigenvalue weighted by atomic mass is 15.1. The van der Waals surface area contributed by atoms with E-state index in [1.165, 1.54) is 28.9 Å². The molecule has 0 aliphatic carbocycles. The highest BCUT2D eigenvalue weighted by Crippen LogP contribution is 2.35. The monoisotopic (exact) mass is 266 g/mol. The molecular weight excluding hydrogens is 244 g/mol. The first kappa shape index (κ1) is 13.2. The summed E-state index contributed by atoms with van der Waals surface area (Å²) in [4.78, 5) is 2.45. The van der Waals surface area contributed by atoms with Crippen LogP contribution in [0, 0.1) is 5.92 Å². The number of anilines is 2. The molecule has 2 aromatic carbocycles. The molecule has 1 aliphatic rings. The number of nitrogens with zero attached hydrogens (tertiary/aromatic N) is 1. The Balaban J connectivity index is 1.93. The predicted molar refractivity (Wildman–Crippen MR) is 85.5 cm³/mol. The molecule has 0 fully saturated rings. The third kappa shape index (κ3) is 2.56. The molecule has 3 rings (SSSR count). The van der Waals surface area contributed by atoms with Crippen LogP contribution in [0.25, 0.3) is 0 Å². The fourth-order valence-corrected chi connectivity index (χ4v) is 3.04. The number of benzene rings is 2. The lowest BCUT2D eigenvalue weighted by Gasteiger charge is -2.35. The van der Waals surface area contributed by atoms with Gasteiger partial charge in [-0.05, 0) is 48.7 Å². The molecule has 20 heavy (non-hydrogen) atoms. The van der Waals surface area contributed by atoms with Crippen LogP contribution in [0.3, 0.4) is 0 Å². The summed E-state index contributed by atoms with van der Waals surface area (Å²) in [6, 6.07) is 17.7. The summed E-state index contributed by atoms with van der Waals surface area (Å²) in [6.07, 6.45) is 1.19. The Morgan fingerprint density at radius 1 is 1.10 bits per heavy atom. The van der Waals surface area contributed by atoms with Gasteiger partial charge in [-0.3, -0.25) is 0 Å². The molecule has 0 saturated carbocycles. The van der Waals surface area contributed by atoms with Crippen molar-refractivity contribution >= 4 is 11.4 Å². The number of fused-ring (bicyclic) bond motifs is 1. The van der Waals surface area contributed by atoms with Crippen LogP contribution in [0.1, 0.15) is 18.1 Å². The van der Waals surface area contributed by atoms with Gasteiger partial charge in [0.25, 0.3) is 0 Å². The molecular formula is C18H22N2. The molecule has 1 atom stereocenters. The second kappa shape index (κ2) is 5.68. The molecule has 0 aromatic heterocycles. The van der Waals surface area contributed by atoms with Crippen molar-refractivity contribution in [3.05, 3.63) is 59.7 Å². The van der Waals surface area contributed by atoms with Crippen LogP contribution in [0.15, 0.2) is 48.5 Å². The van der Waals surface area contributed by atoms with E-state index in [4.69, 9.17) is 0 Å². The zero-order chi connectivity index (χ0) is 13.9. The van der Waals surface area contributed by atoms with Gasteiger partial charge in [0, 0.05) is 24.5 Å². The fraction of sp³-hybridized carbons (Fsp3) is 0.333. The van der Waals surface area contributed by atoms with Gasteiger partial charge in [0.1, 0.15) is 0 Å². The summed E-state index contributed by atoms with van der Waals surface area (Å²) in [5, 5.41) is 3.19. The van der Waals surface area contributed by atoms with Crippen molar-refractivity contribution in [2.75, 3.05) is 18.5 Å². The van der Waals surface area contributed by atoms with Crippen molar-refractivity contribution in [3.63, 3.8) is 0 Å². The maximum atomic E-state index is 3.19. The quantitative estimate of drug-likeness (QED) is 0.910. The first-order chi connectivity index (χ1) is 9.78. The molecule has 0 amide bonds. The standard InChI is InChI=1S/C18H22N2/c1-14-11-16-5-3-4-6-18(16)20(13-14)17-9-7-15(8-10-17)12-19-2/h3-10,14,19H,11-13H2,1-2H3. The van der Waals surface area contributed by atoms with Gasteiger partial charge in [-0.2, -0.15) is 0 Å². The van der Waals surface area contributed by atoms with Gasteiger partial charge in [-0.25, -0.2) is 0 Å². The summed E-state index contributed by atoms with van der Waals surface area (Å²) in [5.41, 5.74) is 5.45. The van der Waals surface area contributed by atoms with E-state index in [1.54, 1.807) is 0 Å². The van der Waals surface area contributed by atoms with Crippen LogP contribution in [-0.2, 0) is 13.0 Å². The zero-order valence-electron chi connectivity index (χ0n) is 12.3. The molecule has 1 heterocycles.